The predicted molar refractivity (Wildman–Crippen MR) is 137 cm³/mol. The molecule has 1 aromatic heterocycles. The van der Waals surface area contributed by atoms with E-state index >= 15 is 0 Å². The molecule has 0 bridgehead atoms. The first-order valence-corrected chi connectivity index (χ1v) is 11.6. The molecule has 0 saturated heterocycles. The highest BCUT2D eigenvalue weighted by Crippen LogP contribution is 2.27. The number of para-hydroxylation sites is 1. The van der Waals surface area contributed by atoms with Crippen LogP contribution in [0.4, 0.5) is 0 Å². The molecular weight excluding hydrogens is 490 g/mol. The van der Waals surface area contributed by atoms with E-state index < -0.39 is 5.97 Å². The molecule has 0 N–H and O–H groups in total. The highest BCUT2D eigenvalue weighted by atomic mass is 79.9. The lowest BCUT2D eigenvalue weighted by atomic mass is 10.0. The van der Waals surface area contributed by atoms with E-state index in [9.17, 15) is 4.79 Å². The van der Waals surface area contributed by atoms with Gasteiger partial charge in [-0.15, -0.1) is 0 Å². The van der Waals surface area contributed by atoms with E-state index in [0.717, 1.165) is 26.5 Å². The fourth-order valence-electron chi connectivity index (χ4n) is 3.62. The second-order valence-electron chi connectivity index (χ2n) is 7.71. The summed E-state index contributed by atoms with van der Waals surface area (Å²) >= 11 is 3.46. The molecule has 5 rings (SSSR count). The van der Waals surface area contributed by atoms with Crippen LogP contribution in [-0.4, -0.2) is 11.0 Å². The average Bonchev–Trinajstić information content (AvgIpc) is 2.88. The largest absolute Gasteiger partial charge is 0.489 e. The lowest BCUT2D eigenvalue weighted by Gasteiger charge is -2.11. The minimum Gasteiger partial charge on any atom is -0.489 e. The summed E-state index contributed by atoms with van der Waals surface area (Å²) in [5.41, 5.74) is 3.92. The molecule has 4 aromatic carbocycles. The van der Waals surface area contributed by atoms with Crippen molar-refractivity contribution < 1.29 is 14.3 Å². The van der Waals surface area contributed by atoms with Crippen LogP contribution < -0.4 is 9.47 Å². The van der Waals surface area contributed by atoms with Gasteiger partial charge in [0.05, 0.1) is 16.8 Å². The zero-order valence-electron chi connectivity index (χ0n) is 18.1. The first-order chi connectivity index (χ1) is 16.7. The lowest BCUT2D eigenvalue weighted by Crippen LogP contribution is -2.10. The Kier molecular flexibility index (Phi) is 6.36. The van der Waals surface area contributed by atoms with Gasteiger partial charge in [0.2, 0.25) is 0 Å². The SMILES string of the molecule is O=C(Oc1ccc(OCc2ccccc2)cc1)c1cc(-c2ccc(Br)cc2)nc2ccccc12. The summed E-state index contributed by atoms with van der Waals surface area (Å²) in [5.74, 6) is 0.716. The number of aromatic nitrogens is 1. The van der Waals surface area contributed by atoms with E-state index in [4.69, 9.17) is 14.5 Å². The summed E-state index contributed by atoms with van der Waals surface area (Å²) < 4.78 is 12.5. The fraction of sp³-hybridized carbons (Fsp3) is 0.0345. The van der Waals surface area contributed by atoms with Crippen molar-refractivity contribution in [3.63, 3.8) is 0 Å². The maximum atomic E-state index is 13.2. The van der Waals surface area contributed by atoms with Crippen LogP contribution in [-0.2, 0) is 6.61 Å². The molecule has 0 saturated carbocycles. The topological polar surface area (TPSA) is 48.4 Å². The number of hydrogen-bond donors (Lipinski definition) is 0. The molecular formula is C29H20BrNO3. The van der Waals surface area contributed by atoms with E-state index in [1.165, 1.54) is 0 Å². The molecule has 0 aliphatic rings. The Labute approximate surface area is 205 Å². The van der Waals surface area contributed by atoms with Crippen LogP contribution in [0.5, 0.6) is 11.5 Å². The van der Waals surface area contributed by atoms with Gasteiger partial charge in [-0.1, -0.05) is 76.6 Å². The Hall–Kier alpha value is -3.96. The molecule has 0 spiro atoms. The predicted octanol–water partition coefficient (Wildman–Crippen LogP) is 7.46. The van der Waals surface area contributed by atoms with Gasteiger partial charge in [-0.2, -0.15) is 0 Å². The van der Waals surface area contributed by atoms with Crippen LogP contribution in [0.2, 0.25) is 0 Å². The van der Waals surface area contributed by atoms with E-state index in [-0.39, 0.29) is 0 Å². The molecule has 0 fully saturated rings. The summed E-state index contributed by atoms with van der Waals surface area (Å²) in [6.45, 7) is 0.474. The molecule has 1 heterocycles. The number of nitrogens with zero attached hydrogens (tertiary/aromatic N) is 1. The van der Waals surface area contributed by atoms with E-state index in [1.807, 2.05) is 78.9 Å². The van der Waals surface area contributed by atoms with Crippen molar-refractivity contribution in [2.24, 2.45) is 0 Å². The summed E-state index contributed by atoms with van der Waals surface area (Å²) in [7, 11) is 0. The second kappa shape index (κ2) is 9.89. The third kappa shape index (κ3) is 5.00. The number of fused-ring (bicyclic) bond motifs is 1. The molecule has 0 radical (unpaired) electrons. The number of carbonyl (C=O) groups is 1. The number of halogens is 1. The van der Waals surface area contributed by atoms with Crippen LogP contribution in [0.3, 0.4) is 0 Å². The van der Waals surface area contributed by atoms with Gasteiger partial charge >= 0.3 is 5.97 Å². The number of esters is 1. The Morgan fingerprint density at radius 1 is 0.765 bits per heavy atom. The maximum Gasteiger partial charge on any atom is 0.344 e. The second-order valence-corrected chi connectivity index (χ2v) is 8.63. The van der Waals surface area contributed by atoms with Crippen LogP contribution in [0.25, 0.3) is 22.2 Å². The lowest BCUT2D eigenvalue weighted by molar-refractivity contribution is 0.0736. The molecule has 34 heavy (non-hydrogen) atoms. The number of pyridine rings is 1. The normalized spacial score (nSPS) is 10.7. The van der Waals surface area contributed by atoms with Crippen molar-refractivity contribution in [2.45, 2.75) is 6.61 Å². The van der Waals surface area contributed by atoms with Crippen molar-refractivity contribution in [3.05, 3.63) is 125 Å². The van der Waals surface area contributed by atoms with Crippen LogP contribution in [0.1, 0.15) is 15.9 Å². The molecule has 5 heteroatoms. The fourth-order valence-corrected chi connectivity index (χ4v) is 3.88. The van der Waals surface area contributed by atoms with Gasteiger partial charge in [-0.25, -0.2) is 9.78 Å². The third-order valence-electron chi connectivity index (χ3n) is 5.36. The molecule has 0 atom stereocenters. The molecule has 0 unspecified atom stereocenters. The number of ether oxygens (including phenoxy) is 2. The molecule has 0 aliphatic carbocycles. The monoisotopic (exact) mass is 509 g/mol. The Balaban J connectivity index is 1.37. The molecule has 0 aliphatic heterocycles. The summed E-state index contributed by atoms with van der Waals surface area (Å²) in [5, 5.41) is 0.746. The Morgan fingerprint density at radius 2 is 1.44 bits per heavy atom. The summed E-state index contributed by atoms with van der Waals surface area (Å²) in [6, 6.07) is 34.2. The van der Waals surface area contributed by atoms with Crippen LogP contribution in [0.15, 0.2) is 114 Å². The Bertz CT molecular complexity index is 1430. The molecule has 4 nitrogen and oxygen atoms in total. The van der Waals surface area contributed by atoms with Crippen LogP contribution >= 0.6 is 15.9 Å². The molecule has 0 amide bonds. The van der Waals surface area contributed by atoms with Gasteiger partial charge in [0, 0.05) is 15.4 Å². The zero-order valence-corrected chi connectivity index (χ0v) is 19.7. The third-order valence-corrected chi connectivity index (χ3v) is 5.89. The minimum atomic E-state index is -0.435. The standard InChI is InChI=1S/C29H20BrNO3/c30-22-12-10-21(11-13-22)28-18-26(25-8-4-5-9-27(25)31-28)29(32)34-24-16-14-23(15-17-24)33-19-20-6-2-1-3-7-20/h1-18H,19H2. The van der Waals surface area contributed by atoms with Crippen molar-refractivity contribution in [1.29, 1.82) is 0 Å². The van der Waals surface area contributed by atoms with Gasteiger partial charge in [-0.05, 0) is 54.1 Å². The average molecular weight is 510 g/mol. The van der Waals surface area contributed by atoms with Crippen molar-refractivity contribution in [3.8, 4) is 22.8 Å². The van der Waals surface area contributed by atoms with Gasteiger partial charge in [0.15, 0.2) is 0 Å². The van der Waals surface area contributed by atoms with Crippen molar-refractivity contribution in [2.75, 3.05) is 0 Å². The van der Waals surface area contributed by atoms with Crippen molar-refractivity contribution in [1.82, 2.24) is 4.98 Å². The zero-order chi connectivity index (χ0) is 23.3. The maximum absolute atomic E-state index is 13.2. The molecule has 5 aromatic rings. The van der Waals surface area contributed by atoms with Crippen molar-refractivity contribution >= 4 is 32.8 Å². The summed E-state index contributed by atoms with van der Waals surface area (Å²) in [4.78, 5) is 17.9. The Morgan fingerprint density at radius 3 is 2.21 bits per heavy atom. The van der Waals surface area contributed by atoms with E-state index in [1.54, 1.807) is 30.3 Å². The number of benzene rings is 4. The summed E-state index contributed by atoms with van der Waals surface area (Å²) in [6.07, 6.45) is 0. The van der Waals surface area contributed by atoms with E-state index in [0.29, 0.717) is 29.4 Å². The van der Waals surface area contributed by atoms with Crippen LogP contribution in [0, 0.1) is 0 Å². The number of hydrogen-bond acceptors (Lipinski definition) is 4. The highest BCUT2D eigenvalue weighted by Gasteiger charge is 2.16. The quantitative estimate of drug-likeness (QED) is 0.176. The number of rotatable bonds is 6. The number of carbonyl (C=O) groups excluding carboxylic acids is 1. The first-order valence-electron chi connectivity index (χ1n) is 10.8. The first kappa shape index (κ1) is 21.9. The van der Waals surface area contributed by atoms with Gasteiger partial charge in [0.25, 0.3) is 0 Å². The highest BCUT2D eigenvalue weighted by molar-refractivity contribution is 9.10. The molecule has 166 valence electrons. The van der Waals surface area contributed by atoms with Gasteiger partial charge in [-0.3, -0.25) is 0 Å². The van der Waals surface area contributed by atoms with E-state index in [2.05, 4.69) is 15.9 Å². The smallest absolute Gasteiger partial charge is 0.344 e. The van der Waals surface area contributed by atoms with Gasteiger partial charge < -0.3 is 9.47 Å². The van der Waals surface area contributed by atoms with Gasteiger partial charge in [0.1, 0.15) is 18.1 Å². The minimum absolute atomic E-state index is 0.435.